The van der Waals surface area contributed by atoms with Crippen molar-refractivity contribution in [2.24, 2.45) is 0 Å². The van der Waals surface area contributed by atoms with Crippen LogP contribution in [0.1, 0.15) is 18.9 Å². The van der Waals surface area contributed by atoms with E-state index in [1.807, 2.05) is 25.4 Å². The minimum Gasteiger partial charge on any atom is -0.398 e. The Balaban J connectivity index is 2.61. The van der Waals surface area contributed by atoms with E-state index < -0.39 is 0 Å². The molecular weight excluding hydrogens is 174 g/mol. The van der Waals surface area contributed by atoms with Crippen LogP contribution in [0.15, 0.2) is 18.5 Å². The summed E-state index contributed by atoms with van der Waals surface area (Å²) in [6.45, 7) is 5.16. The second kappa shape index (κ2) is 3.33. The Morgan fingerprint density at radius 1 is 1.43 bits per heavy atom. The van der Waals surface area contributed by atoms with Gasteiger partial charge in [-0.25, -0.2) is 4.98 Å². The summed E-state index contributed by atoms with van der Waals surface area (Å²) in [4.78, 5) is 4.35. The number of aromatic nitrogens is 2. The van der Waals surface area contributed by atoms with Gasteiger partial charge in [-0.05, 0) is 31.0 Å². The number of nitrogens with zero attached hydrogens (tertiary/aromatic N) is 2. The largest absolute Gasteiger partial charge is 0.398 e. The molecule has 0 bridgehead atoms. The summed E-state index contributed by atoms with van der Waals surface area (Å²) in [5.41, 5.74) is 9.98. The van der Waals surface area contributed by atoms with Crippen LogP contribution in [0.3, 0.4) is 0 Å². The van der Waals surface area contributed by atoms with Gasteiger partial charge >= 0.3 is 0 Å². The zero-order chi connectivity index (χ0) is 10.1. The highest BCUT2D eigenvalue weighted by molar-refractivity contribution is 5.80. The zero-order valence-electron chi connectivity index (χ0n) is 8.62. The van der Waals surface area contributed by atoms with E-state index in [4.69, 9.17) is 5.73 Å². The fraction of sp³-hybridized carbons (Fsp3) is 0.364. The first-order chi connectivity index (χ1) is 6.72. The van der Waals surface area contributed by atoms with Gasteiger partial charge in [0.15, 0.2) is 0 Å². The molecule has 0 atom stereocenters. The van der Waals surface area contributed by atoms with Crippen molar-refractivity contribution in [2.75, 3.05) is 5.73 Å². The molecule has 0 radical (unpaired) electrons. The van der Waals surface area contributed by atoms with Gasteiger partial charge in [-0.15, -0.1) is 0 Å². The van der Waals surface area contributed by atoms with Crippen molar-refractivity contribution in [1.29, 1.82) is 0 Å². The molecule has 1 aromatic heterocycles. The van der Waals surface area contributed by atoms with Gasteiger partial charge in [0.25, 0.3) is 0 Å². The quantitative estimate of drug-likeness (QED) is 0.737. The van der Waals surface area contributed by atoms with E-state index in [0.717, 1.165) is 35.2 Å². The van der Waals surface area contributed by atoms with E-state index in [2.05, 4.69) is 16.5 Å². The Labute approximate surface area is 83.6 Å². The van der Waals surface area contributed by atoms with Gasteiger partial charge in [0, 0.05) is 12.2 Å². The molecule has 0 amide bonds. The highest BCUT2D eigenvalue weighted by Crippen LogP contribution is 2.20. The highest BCUT2D eigenvalue weighted by Gasteiger charge is 2.03. The van der Waals surface area contributed by atoms with Gasteiger partial charge in [0.2, 0.25) is 0 Å². The lowest BCUT2D eigenvalue weighted by Crippen LogP contribution is -1.95. The van der Waals surface area contributed by atoms with E-state index in [9.17, 15) is 0 Å². The lowest BCUT2D eigenvalue weighted by Gasteiger charge is -2.03. The molecule has 2 aromatic rings. The molecule has 0 aliphatic rings. The van der Waals surface area contributed by atoms with Crippen molar-refractivity contribution in [1.82, 2.24) is 9.55 Å². The summed E-state index contributed by atoms with van der Waals surface area (Å²) in [5.74, 6) is 0. The molecule has 74 valence electrons. The zero-order valence-corrected chi connectivity index (χ0v) is 8.62. The fourth-order valence-electron chi connectivity index (χ4n) is 1.64. The second-order valence-corrected chi connectivity index (χ2v) is 3.64. The highest BCUT2D eigenvalue weighted by atomic mass is 15.0. The van der Waals surface area contributed by atoms with Crippen LogP contribution in [-0.4, -0.2) is 9.55 Å². The molecule has 0 saturated heterocycles. The third-order valence-corrected chi connectivity index (χ3v) is 2.47. The maximum atomic E-state index is 5.87. The number of benzene rings is 1. The smallest absolute Gasteiger partial charge is 0.0958 e. The Morgan fingerprint density at radius 2 is 2.21 bits per heavy atom. The van der Waals surface area contributed by atoms with E-state index in [1.165, 1.54) is 0 Å². The molecule has 2 rings (SSSR count). The first-order valence-electron chi connectivity index (χ1n) is 4.93. The molecule has 0 aliphatic carbocycles. The molecule has 0 aliphatic heterocycles. The average Bonchev–Trinajstić information content (AvgIpc) is 2.51. The minimum absolute atomic E-state index is 0.843. The summed E-state index contributed by atoms with van der Waals surface area (Å²) in [6.07, 6.45) is 2.99. The van der Waals surface area contributed by atoms with Gasteiger partial charge in [-0.2, -0.15) is 0 Å². The number of imidazole rings is 1. The Hall–Kier alpha value is -1.51. The Morgan fingerprint density at radius 3 is 2.93 bits per heavy atom. The van der Waals surface area contributed by atoms with Gasteiger partial charge in [0.1, 0.15) is 0 Å². The third kappa shape index (κ3) is 1.35. The molecule has 0 fully saturated rings. The molecule has 2 N–H and O–H groups in total. The number of nitrogens with two attached hydrogens (primary N) is 1. The summed E-state index contributed by atoms with van der Waals surface area (Å²) < 4.78 is 2.14. The van der Waals surface area contributed by atoms with Crippen LogP contribution in [-0.2, 0) is 6.54 Å². The number of anilines is 1. The van der Waals surface area contributed by atoms with Gasteiger partial charge < -0.3 is 10.3 Å². The molecule has 1 heterocycles. The summed E-state index contributed by atoms with van der Waals surface area (Å²) in [6, 6.07) is 4.05. The predicted molar refractivity (Wildman–Crippen MR) is 59.2 cm³/mol. The summed E-state index contributed by atoms with van der Waals surface area (Å²) in [7, 11) is 0. The number of hydrogen-bond donors (Lipinski definition) is 1. The monoisotopic (exact) mass is 189 g/mol. The van der Waals surface area contributed by atoms with Gasteiger partial charge in [-0.3, -0.25) is 0 Å². The predicted octanol–water partition coefficient (Wildman–Crippen LogP) is 2.34. The Bertz CT molecular complexity index is 457. The van der Waals surface area contributed by atoms with Gasteiger partial charge in [0.05, 0.1) is 17.4 Å². The number of hydrogen-bond acceptors (Lipinski definition) is 2. The summed E-state index contributed by atoms with van der Waals surface area (Å²) in [5, 5.41) is 0. The SMILES string of the molecule is CCCn1cnc2cc(C)c(N)cc21. The number of nitrogen functional groups attached to an aromatic ring is 1. The van der Waals surface area contributed by atoms with Crippen molar-refractivity contribution in [3.05, 3.63) is 24.0 Å². The molecular formula is C11H15N3. The van der Waals surface area contributed by atoms with Crippen LogP contribution in [0.2, 0.25) is 0 Å². The number of rotatable bonds is 2. The normalized spacial score (nSPS) is 11.0. The molecule has 14 heavy (non-hydrogen) atoms. The molecule has 3 nitrogen and oxygen atoms in total. The van der Waals surface area contributed by atoms with Crippen molar-refractivity contribution >= 4 is 16.7 Å². The Kier molecular flexibility index (Phi) is 2.15. The first-order valence-corrected chi connectivity index (χ1v) is 4.93. The van der Waals surface area contributed by atoms with Crippen molar-refractivity contribution in [3.8, 4) is 0 Å². The fourth-order valence-corrected chi connectivity index (χ4v) is 1.64. The summed E-state index contributed by atoms with van der Waals surface area (Å²) >= 11 is 0. The maximum Gasteiger partial charge on any atom is 0.0958 e. The van der Waals surface area contributed by atoms with Crippen LogP contribution < -0.4 is 5.73 Å². The molecule has 0 saturated carbocycles. The van der Waals surface area contributed by atoms with Crippen LogP contribution in [0.25, 0.3) is 11.0 Å². The average molecular weight is 189 g/mol. The van der Waals surface area contributed by atoms with Crippen molar-refractivity contribution in [3.63, 3.8) is 0 Å². The molecule has 0 spiro atoms. The lowest BCUT2D eigenvalue weighted by atomic mass is 10.2. The number of aryl methyl sites for hydroxylation is 2. The maximum absolute atomic E-state index is 5.87. The standard InChI is InChI=1S/C11H15N3/c1-3-4-14-7-13-10-5-8(2)9(12)6-11(10)14/h5-7H,3-4,12H2,1-2H3. The minimum atomic E-state index is 0.843. The first kappa shape index (κ1) is 9.06. The van der Waals surface area contributed by atoms with Crippen LogP contribution in [0.5, 0.6) is 0 Å². The second-order valence-electron chi connectivity index (χ2n) is 3.64. The molecule has 1 aromatic carbocycles. The van der Waals surface area contributed by atoms with Crippen LogP contribution >= 0.6 is 0 Å². The van der Waals surface area contributed by atoms with E-state index in [-0.39, 0.29) is 0 Å². The number of fused-ring (bicyclic) bond motifs is 1. The van der Waals surface area contributed by atoms with E-state index in [1.54, 1.807) is 0 Å². The topological polar surface area (TPSA) is 43.8 Å². The van der Waals surface area contributed by atoms with Crippen LogP contribution in [0, 0.1) is 6.92 Å². The van der Waals surface area contributed by atoms with Crippen molar-refractivity contribution < 1.29 is 0 Å². The lowest BCUT2D eigenvalue weighted by molar-refractivity contribution is 0.697. The van der Waals surface area contributed by atoms with Crippen molar-refractivity contribution in [2.45, 2.75) is 26.8 Å². The van der Waals surface area contributed by atoms with E-state index in [0.29, 0.717) is 0 Å². The van der Waals surface area contributed by atoms with Gasteiger partial charge in [-0.1, -0.05) is 6.92 Å². The molecule has 3 heteroatoms. The third-order valence-electron chi connectivity index (χ3n) is 2.47. The van der Waals surface area contributed by atoms with E-state index >= 15 is 0 Å². The molecule has 0 unspecified atom stereocenters. The van der Waals surface area contributed by atoms with Crippen LogP contribution in [0.4, 0.5) is 5.69 Å².